The molecule has 5 heteroatoms. The number of primary amides is 1. The van der Waals surface area contributed by atoms with E-state index in [4.69, 9.17) is 10.5 Å². The molecule has 0 bridgehead atoms. The second-order valence-electron chi connectivity index (χ2n) is 8.00. The average Bonchev–Trinajstić information content (AvgIpc) is 2.78. The Bertz CT molecular complexity index is 1210. The van der Waals surface area contributed by atoms with E-state index >= 15 is 0 Å². The molecule has 2 aliphatic heterocycles. The molecule has 0 aliphatic carbocycles. The van der Waals surface area contributed by atoms with Gasteiger partial charge in [0.2, 0.25) is 5.91 Å². The van der Waals surface area contributed by atoms with E-state index in [-0.39, 0.29) is 18.1 Å². The van der Waals surface area contributed by atoms with Crippen LogP contribution < -0.4 is 15.8 Å². The number of hydrogen-bond donors (Lipinski definition) is 3. The number of hydrogen-bond acceptors (Lipinski definition) is 4. The number of carbonyl (C=O) groups is 1. The Morgan fingerprint density at radius 1 is 0.968 bits per heavy atom. The van der Waals surface area contributed by atoms with Gasteiger partial charge < -0.3 is 20.9 Å². The zero-order valence-corrected chi connectivity index (χ0v) is 17.2. The third-order valence-electron chi connectivity index (χ3n) is 5.98. The van der Waals surface area contributed by atoms with Crippen molar-refractivity contribution in [1.29, 1.82) is 0 Å². The van der Waals surface area contributed by atoms with Gasteiger partial charge in [0.05, 0.1) is 6.42 Å². The number of fused-ring (bicyclic) bond motifs is 2. The van der Waals surface area contributed by atoms with E-state index in [9.17, 15) is 9.90 Å². The number of piperidine rings is 1. The largest absolute Gasteiger partial charge is 0.504 e. The van der Waals surface area contributed by atoms with Gasteiger partial charge in [-0.1, -0.05) is 48.0 Å². The molecule has 2 heterocycles. The van der Waals surface area contributed by atoms with Crippen LogP contribution in [0.4, 0.5) is 0 Å². The summed E-state index contributed by atoms with van der Waals surface area (Å²) >= 11 is 0. The topological polar surface area (TPSA) is 84.6 Å². The lowest BCUT2D eigenvalue weighted by Gasteiger charge is -2.28. The molecule has 5 nitrogen and oxygen atoms in total. The van der Waals surface area contributed by atoms with Gasteiger partial charge in [-0.15, -0.1) is 0 Å². The van der Waals surface area contributed by atoms with Gasteiger partial charge in [0.25, 0.3) is 0 Å². The second-order valence-corrected chi connectivity index (χ2v) is 8.00. The fraction of sp³-hybridized carbons (Fsp3) is 0.192. The number of carbonyl (C=O) groups excluding carboxylic acids is 1. The maximum Gasteiger partial charge on any atom is 0.221 e. The first kappa shape index (κ1) is 19.4. The number of phenols is 1. The quantitative estimate of drug-likeness (QED) is 0.466. The SMILES string of the molecule is NC(=O)Cc1ccccc1-c1ccc2c(c1)Oc1c(O)cccc1C2=C1CCNCC1. The fourth-order valence-electron chi connectivity index (χ4n) is 4.57. The number of aromatic hydroxyl groups is 1. The van der Waals surface area contributed by atoms with Crippen LogP contribution in [0, 0.1) is 0 Å². The molecule has 0 radical (unpaired) electrons. The summed E-state index contributed by atoms with van der Waals surface area (Å²) in [6.07, 6.45) is 2.11. The third-order valence-corrected chi connectivity index (χ3v) is 5.98. The van der Waals surface area contributed by atoms with Gasteiger partial charge in [0.1, 0.15) is 5.75 Å². The molecule has 0 aromatic heterocycles. The Hall–Kier alpha value is -3.57. The van der Waals surface area contributed by atoms with Crippen molar-refractivity contribution < 1.29 is 14.6 Å². The van der Waals surface area contributed by atoms with E-state index in [2.05, 4.69) is 17.4 Å². The molecular formula is C26H24N2O3. The minimum Gasteiger partial charge on any atom is -0.504 e. The van der Waals surface area contributed by atoms with Crippen molar-refractivity contribution in [1.82, 2.24) is 5.32 Å². The molecule has 156 valence electrons. The van der Waals surface area contributed by atoms with Crippen LogP contribution in [0.15, 0.2) is 66.2 Å². The molecule has 3 aromatic rings. The molecule has 0 unspecified atom stereocenters. The Kier molecular flexibility index (Phi) is 4.96. The van der Waals surface area contributed by atoms with E-state index in [0.29, 0.717) is 11.5 Å². The van der Waals surface area contributed by atoms with Gasteiger partial charge in [-0.25, -0.2) is 0 Å². The van der Waals surface area contributed by atoms with E-state index in [1.165, 1.54) is 5.57 Å². The number of benzene rings is 3. The van der Waals surface area contributed by atoms with E-state index < -0.39 is 0 Å². The molecule has 31 heavy (non-hydrogen) atoms. The lowest BCUT2D eigenvalue weighted by Crippen LogP contribution is -2.24. The van der Waals surface area contributed by atoms with Crippen molar-refractivity contribution in [3.63, 3.8) is 0 Å². The van der Waals surface area contributed by atoms with Crippen molar-refractivity contribution >= 4 is 11.5 Å². The number of amides is 1. The van der Waals surface area contributed by atoms with Crippen LogP contribution in [0.25, 0.3) is 16.7 Å². The summed E-state index contributed by atoms with van der Waals surface area (Å²) in [6.45, 7) is 1.89. The van der Waals surface area contributed by atoms with Crippen molar-refractivity contribution in [2.24, 2.45) is 5.73 Å². The number of para-hydroxylation sites is 1. The summed E-state index contributed by atoms with van der Waals surface area (Å²) in [5, 5.41) is 13.9. The van der Waals surface area contributed by atoms with Crippen LogP contribution in [0.5, 0.6) is 17.2 Å². The Morgan fingerprint density at radius 2 is 1.74 bits per heavy atom. The summed E-state index contributed by atoms with van der Waals surface area (Å²) < 4.78 is 6.22. The highest BCUT2D eigenvalue weighted by Crippen LogP contribution is 2.50. The van der Waals surface area contributed by atoms with Gasteiger partial charge in [0, 0.05) is 11.1 Å². The van der Waals surface area contributed by atoms with E-state index in [1.807, 2.05) is 42.5 Å². The van der Waals surface area contributed by atoms with Crippen molar-refractivity contribution in [3.8, 4) is 28.4 Å². The zero-order chi connectivity index (χ0) is 21.4. The molecule has 4 N–H and O–H groups in total. The van der Waals surface area contributed by atoms with Crippen molar-refractivity contribution in [3.05, 3.63) is 82.9 Å². The smallest absolute Gasteiger partial charge is 0.221 e. The fourth-order valence-corrected chi connectivity index (χ4v) is 4.57. The van der Waals surface area contributed by atoms with Crippen molar-refractivity contribution in [2.45, 2.75) is 19.3 Å². The monoisotopic (exact) mass is 412 g/mol. The summed E-state index contributed by atoms with van der Waals surface area (Å²) in [6, 6.07) is 19.4. The first-order chi connectivity index (χ1) is 15.1. The summed E-state index contributed by atoms with van der Waals surface area (Å²) in [5.41, 5.74) is 12.7. The number of ether oxygens (including phenoxy) is 1. The molecule has 0 atom stereocenters. The van der Waals surface area contributed by atoms with Crippen molar-refractivity contribution in [2.75, 3.05) is 13.1 Å². The molecular weight excluding hydrogens is 388 g/mol. The Labute approximate surface area is 181 Å². The second kappa shape index (κ2) is 7.93. The molecule has 2 aliphatic rings. The summed E-state index contributed by atoms with van der Waals surface area (Å²) in [4.78, 5) is 11.5. The van der Waals surface area contributed by atoms with Gasteiger partial charge in [-0.2, -0.15) is 0 Å². The maximum absolute atomic E-state index is 11.5. The minimum atomic E-state index is -0.363. The molecule has 1 amide bonds. The molecule has 1 saturated heterocycles. The van der Waals surface area contributed by atoms with E-state index in [1.54, 1.807) is 6.07 Å². The molecule has 1 fully saturated rings. The Balaban J connectivity index is 1.67. The minimum absolute atomic E-state index is 0.134. The zero-order valence-electron chi connectivity index (χ0n) is 17.2. The van der Waals surface area contributed by atoms with Crippen LogP contribution in [-0.2, 0) is 11.2 Å². The highest BCUT2D eigenvalue weighted by Gasteiger charge is 2.27. The number of rotatable bonds is 3. The number of nitrogens with one attached hydrogen (secondary N) is 1. The van der Waals surface area contributed by atoms with Gasteiger partial charge >= 0.3 is 0 Å². The highest BCUT2D eigenvalue weighted by atomic mass is 16.5. The Morgan fingerprint density at radius 3 is 2.55 bits per heavy atom. The van der Waals surface area contributed by atoms with Crippen LogP contribution in [-0.4, -0.2) is 24.1 Å². The predicted octanol–water partition coefficient (Wildman–Crippen LogP) is 4.38. The average molecular weight is 412 g/mol. The first-order valence-electron chi connectivity index (χ1n) is 10.6. The summed E-state index contributed by atoms with van der Waals surface area (Å²) in [7, 11) is 0. The van der Waals surface area contributed by atoms with Gasteiger partial charge in [-0.3, -0.25) is 4.79 Å². The molecule has 0 saturated carbocycles. The molecule has 0 spiro atoms. The number of phenolic OH excluding ortho intramolecular Hbond substituents is 1. The van der Waals surface area contributed by atoms with Gasteiger partial charge in [-0.05, 0) is 66.4 Å². The highest BCUT2D eigenvalue weighted by molar-refractivity contribution is 5.92. The molecule has 3 aromatic carbocycles. The summed E-state index contributed by atoms with van der Waals surface area (Å²) in [5.74, 6) is 0.980. The predicted molar refractivity (Wildman–Crippen MR) is 121 cm³/mol. The van der Waals surface area contributed by atoms with E-state index in [0.717, 1.165) is 59.3 Å². The normalized spacial score (nSPS) is 15.1. The first-order valence-corrected chi connectivity index (χ1v) is 10.6. The lowest BCUT2D eigenvalue weighted by atomic mass is 9.85. The van der Waals surface area contributed by atoms with Crippen LogP contribution >= 0.6 is 0 Å². The van der Waals surface area contributed by atoms with Crippen LogP contribution in [0.2, 0.25) is 0 Å². The van der Waals surface area contributed by atoms with Crippen LogP contribution in [0.3, 0.4) is 0 Å². The lowest BCUT2D eigenvalue weighted by molar-refractivity contribution is -0.117. The van der Waals surface area contributed by atoms with Crippen LogP contribution in [0.1, 0.15) is 29.5 Å². The molecule has 5 rings (SSSR count). The maximum atomic E-state index is 11.5. The third kappa shape index (κ3) is 3.57. The standard InChI is InChI=1S/C26H24N2O3/c27-24(30)15-17-4-1-2-5-19(17)18-8-9-20-23(14-18)31-26-21(6-3-7-22(26)29)25(20)16-10-12-28-13-11-16/h1-9,14,28-29H,10-13,15H2,(H2,27,30). The number of nitrogens with two attached hydrogens (primary N) is 1. The van der Waals surface area contributed by atoms with Gasteiger partial charge in [0.15, 0.2) is 11.5 Å².